The maximum atomic E-state index is 12.6. The summed E-state index contributed by atoms with van der Waals surface area (Å²) in [6, 6.07) is 13.7. The minimum absolute atomic E-state index is 0.240. The van der Waals surface area contributed by atoms with Crippen molar-refractivity contribution < 1.29 is 17.9 Å². The number of methoxy groups -OCH3 is 1. The van der Waals surface area contributed by atoms with Crippen LogP contribution in [0, 0.1) is 0 Å². The van der Waals surface area contributed by atoms with Gasteiger partial charge in [0.05, 0.1) is 30.1 Å². The average molecular weight is 411 g/mol. The molecule has 0 radical (unpaired) electrons. The van der Waals surface area contributed by atoms with E-state index in [1.807, 2.05) is 31.2 Å². The third kappa shape index (κ3) is 5.61. The number of hydrogen-bond acceptors (Lipinski definition) is 4. The summed E-state index contributed by atoms with van der Waals surface area (Å²) in [5.74, 6) is 0.310. The molecular formula is C19H23ClN2O4S. The molecular weight excluding hydrogens is 388 g/mol. The first-order chi connectivity index (χ1) is 12.8. The Morgan fingerprint density at radius 1 is 1.19 bits per heavy atom. The van der Waals surface area contributed by atoms with Crippen molar-refractivity contribution in [1.29, 1.82) is 0 Å². The molecule has 2 rings (SSSR count). The molecule has 1 amide bonds. The molecule has 0 aliphatic heterocycles. The van der Waals surface area contributed by atoms with E-state index in [-0.39, 0.29) is 23.3 Å². The topological polar surface area (TPSA) is 75.7 Å². The summed E-state index contributed by atoms with van der Waals surface area (Å²) in [6.45, 7) is 1.59. The SMILES string of the molecule is CC[C@@H](NC(=O)CN(c1ccccc1Cl)S(C)(=O)=O)c1ccc(OC)cc1. The summed E-state index contributed by atoms with van der Waals surface area (Å²) in [5.41, 5.74) is 1.18. The minimum Gasteiger partial charge on any atom is -0.497 e. The molecule has 6 nitrogen and oxygen atoms in total. The number of rotatable bonds is 8. The predicted octanol–water partition coefficient (Wildman–Crippen LogP) is 3.38. The number of hydrogen-bond donors (Lipinski definition) is 1. The van der Waals surface area contributed by atoms with Gasteiger partial charge in [-0.3, -0.25) is 9.10 Å². The van der Waals surface area contributed by atoms with Crippen molar-refractivity contribution in [2.45, 2.75) is 19.4 Å². The number of nitrogens with zero attached hydrogens (tertiary/aromatic N) is 1. The monoisotopic (exact) mass is 410 g/mol. The normalized spacial score (nSPS) is 12.3. The van der Waals surface area contributed by atoms with Gasteiger partial charge >= 0.3 is 0 Å². The molecule has 0 aromatic heterocycles. The molecule has 146 valence electrons. The van der Waals surface area contributed by atoms with Gasteiger partial charge in [-0.05, 0) is 36.2 Å². The van der Waals surface area contributed by atoms with E-state index < -0.39 is 15.9 Å². The lowest BCUT2D eigenvalue weighted by atomic mass is 10.0. The highest BCUT2D eigenvalue weighted by atomic mass is 35.5. The number of carbonyl (C=O) groups excluding carboxylic acids is 1. The van der Waals surface area contributed by atoms with Crippen molar-refractivity contribution in [3.63, 3.8) is 0 Å². The van der Waals surface area contributed by atoms with E-state index in [2.05, 4.69) is 5.32 Å². The molecule has 0 saturated heterocycles. The van der Waals surface area contributed by atoms with Crippen LogP contribution in [0.3, 0.4) is 0 Å². The van der Waals surface area contributed by atoms with Gasteiger partial charge in [0.15, 0.2) is 0 Å². The van der Waals surface area contributed by atoms with Crippen LogP contribution in [0.1, 0.15) is 24.9 Å². The number of benzene rings is 2. The first-order valence-corrected chi connectivity index (χ1v) is 10.6. The van der Waals surface area contributed by atoms with Gasteiger partial charge in [0.25, 0.3) is 0 Å². The standard InChI is InChI=1S/C19H23ClN2O4S/c1-4-17(14-9-11-15(26-2)12-10-14)21-19(23)13-22(27(3,24)25)18-8-6-5-7-16(18)20/h5-12,17H,4,13H2,1-3H3,(H,21,23)/t17-/m1/s1. The Balaban J connectivity index is 2.18. The highest BCUT2D eigenvalue weighted by molar-refractivity contribution is 7.92. The first kappa shape index (κ1) is 21.1. The molecule has 0 heterocycles. The van der Waals surface area contributed by atoms with Crippen LogP contribution in [-0.4, -0.2) is 34.2 Å². The first-order valence-electron chi connectivity index (χ1n) is 8.41. The Labute approximate surface area is 165 Å². The molecule has 0 bridgehead atoms. The molecule has 1 atom stereocenters. The molecule has 2 aromatic carbocycles. The van der Waals surface area contributed by atoms with Crippen molar-refractivity contribution in [2.75, 3.05) is 24.2 Å². The summed E-state index contributed by atoms with van der Waals surface area (Å²) in [4.78, 5) is 12.6. The zero-order valence-electron chi connectivity index (χ0n) is 15.5. The molecule has 0 unspecified atom stereocenters. The van der Waals surface area contributed by atoms with Crippen LogP contribution < -0.4 is 14.4 Å². The van der Waals surface area contributed by atoms with E-state index in [1.54, 1.807) is 31.4 Å². The number of carbonyl (C=O) groups is 1. The van der Waals surface area contributed by atoms with E-state index in [0.29, 0.717) is 6.42 Å². The molecule has 8 heteroatoms. The van der Waals surface area contributed by atoms with Crippen molar-refractivity contribution in [1.82, 2.24) is 5.32 Å². The number of ether oxygens (including phenoxy) is 1. The minimum atomic E-state index is -3.68. The molecule has 2 aromatic rings. The van der Waals surface area contributed by atoms with Gasteiger partial charge in [-0.15, -0.1) is 0 Å². The third-order valence-electron chi connectivity index (χ3n) is 4.07. The Hall–Kier alpha value is -2.25. The van der Waals surface area contributed by atoms with Crippen molar-refractivity contribution in [3.05, 3.63) is 59.1 Å². The van der Waals surface area contributed by atoms with Crippen LogP contribution in [0.15, 0.2) is 48.5 Å². The van der Waals surface area contributed by atoms with Gasteiger partial charge in [-0.1, -0.05) is 42.8 Å². The van der Waals surface area contributed by atoms with Crippen molar-refractivity contribution in [2.24, 2.45) is 0 Å². The van der Waals surface area contributed by atoms with Gasteiger partial charge in [0.2, 0.25) is 15.9 Å². The number of nitrogens with one attached hydrogen (secondary N) is 1. The zero-order chi connectivity index (χ0) is 20.0. The molecule has 0 aliphatic carbocycles. The van der Waals surface area contributed by atoms with Crippen molar-refractivity contribution >= 4 is 33.2 Å². The second-order valence-corrected chi connectivity index (χ2v) is 8.34. The number of halogens is 1. The maximum Gasteiger partial charge on any atom is 0.241 e. The lowest BCUT2D eigenvalue weighted by Crippen LogP contribution is -2.41. The fraction of sp³-hybridized carbons (Fsp3) is 0.316. The molecule has 0 aliphatic rings. The Morgan fingerprint density at radius 2 is 1.81 bits per heavy atom. The predicted molar refractivity (Wildman–Crippen MR) is 108 cm³/mol. The summed E-state index contributed by atoms with van der Waals surface area (Å²) >= 11 is 6.12. The number of para-hydroxylation sites is 1. The van der Waals surface area contributed by atoms with E-state index in [4.69, 9.17) is 16.3 Å². The third-order valence-corrected chi connectivity index (χ3v) is 5.52. The quantitative estimate of drug-likeness (QED) is 0.723. The van der Waals surface area contributed by atoms with Crippen molar-refractivity contribution in [3.8, 4) is 5.75 Å². The fourth-order valence-electron chi connectivity index (χ4n) is 2.66. The molecule has 1 N–H and O–H groups in total. The van der Waals surface area contributed by atoms with Gasteiger partial charge in [0.1, 0.15) is 12.3 Å². The lowest BCUT2D eigenvalue weighted by Gasteiger charge is -2.24. The summed E-state index contributed by atoms with van der Waals surface area (Å²) in [5, 5.41) is 3.15. The Bertz CT molecular complexity index is 885. The zero-order valence-corrected chi connectivity index (χ0v) is 17.0. The second kappa shape index (κ2) is 9.10. The Kier molecular flexibility index (Phi) is 7.10. The van der Waals surface area contributed by atoms with E-state index in [0.717, 1.165) is 21.9 Å². The van der Waals surface area contributed by atoms with E-state index >= 15 is 0 Å². The van der Waals surface area contributed by atoms with Crippen LogP contribution in [0.4, 0.5) is 5.69 Å². The van der Waals surface area contributed by atoms with Gasteiger partial charge in [-0.25, -0.2) is 8.42 Å². The van der Waals surface area contributed by atoms with Crippen LogP contribution in [0.5, 0.6) is 5.75 Å². The summed E-state index contributed by atoms with van der Waals surface area (Å²) < 4.78 is 30.5. The molecule has 0 spiro atoms. The van der Waals surface area contributed by atoms with Gasteiger partial charge in [-0.2, -0.15) is 0 Å². The van der Waals surface area contributed by atoms with Gasteiger partial charge < -0.3 is 10.1 Å². The maximum absolute atomic E-state index is 12.6. The lowest BCUT2D eigenvalue weighted by molar-refractivity contribution is -0.120. The molecule has 27 heavy (non-hydrogen) atoms. The van der Waals surface area contributed by atoms with Crippen LogP contribution in [0.2, 0.25) is 5.02 Å². The van der Waals surface area contributed by atoms with E-state index in [9.17, 15) is 13.2 Å². The average Bonchev–Trinajstić information content (AvgIpc) is 2.64. The summed E-state index contributed by atoms with van der Waals surface area (Å²) in [7, 11) is -2.09. The van der Waals surface area contributed by atoms with Crippen LogP contribution >= 0.6 is 11.6 Å². The molecule has 0 fully saturated rings. The van der Waals surface area contributed by atoms with Crippen LogP contribution in [-0.2, 0) is 14.8 Å². The highest BCUT2D eigenvalue weighted by Crippen LogP contribution is 2.27. The van der Waals surface area contributed by atoms with E-state index in [1.165, 1.54) is 0 Å². The smallest absolute Gasteiger partial charge is 0.241 e. The number of sulfonamides is 1. The second-order valence-electron chi connectivity index (χ2n) is 6.02. The number of amides is 1. The highest BCUT2D eigenvalue weighted by Gasteiger charge is 2.24. The Morgan fingerprint density at radius 3 is 2.33 bits per heavy atom. The summed E-state index contributed by atoms with van der Waals surface area (Å²) in [6.07, 6.45) is 1.70. The van der Waals surface area contributed by atoms with Gasteiger partial charge in [0, 0.05) is 0 Å². The van der Waals surface area contributed by atoms with Crippen LogP contribution in [0.25, 0.3) is 0 Å². The fourth-order valence-corrected chi connectivity index (χ4v) is 3.82. The largest absolute Gasteiger partial charge is 0.497 e. The molecule has 0 saturated carbocycles. The number of anilines is 1.